The number of hydrogen-bond donors (Lipinski definition) is 0. The molecular formula is C20H25N3O3S. The zero-order chi connectivity index (χ0) is 19.6. The summed E-state index contributed by atoms with van der Waals surface area (Å²) in [5.74, 6) is 0.269. The van der Waals surface area contributed by atoms with Crippen LogP contribution < -0.4 is 0 Å². The molecule has 0 N–H and O–H groups in total. The molecule has 1 unspecified atom stereocenters. The average molecular weight is 388 g/mol. The van der Waals surface area contributed by atoms with Crippen molar-refractivity contribution in [2.75, 3.05) is 18.6 Å². The smallest absolute Gasteiger partial charge is 0.246 e. The van der Waals surface area contributed by atoms with Crippen molar-refractivity contribution in [1.82, 2.24) is 14.7 Å². The highest BCUT2D eigenvalue weighted by atomic mass is 32.2. The molecular weight excluding hydrogens is 362 g/mol. The van der Waals surface area contributed by atoms with E-state index in [9.17, 15) is 13.2 Å². The summed E-state index contributed by atoms with van der Waals surface area (Å²) in [4.78, 5) is 14.1. The summed E-state index contributed by atoms with van der Waals surface area (Å²) >= 11 is 0. The lowest BCUT2D eigenvalue weighted by molar-refractivity contribution is -0.125. The predicted octanol–water partition coefficient (Wildman–Crippen LogP) is 2.53. The highest BCUT2D eigenvalue weighted by Gasteiger charge is 2.31. The molecule has 2 aromatic rings. The van der Waals surface area contributed by atoms with Crippen molar-refractivity contribution < 1.29 is 13.2 Å². The maximum Gasteiger partial charge on any atom is 0.246 e. The van der Waals surface area contributed by atoms with Gasteiger partial charge in [0.15, 0.2) is 9.84 Å². The Balaban J connectivity index is 1.72. The van der Waals surface area contributed by atoms with Gasteiger partial charge in [-0.15, -0.1) is 0 Å². The monoisotopic (exact) mass is 387 g/mol. The molecule has 1 atom stereocenters. The van der Waals surface area contributed by atoms with Crippen molar-refractivity contribution in [1.29, 1.82) is 0 Å². The van der Waals surface area contributed by atoms with Crippen LogP contribution >= 0.6 is 0 Å². The van der Waals surface area contributed by atoms with Gasteiger partial charge in [-0.25, -0.2) is 8.42 Å². The quantitative estimate of drug-likeness (QED) is 0.739. The third-order valence-corrected chi connectivity index (χ3v) is 6.77. The molecule has 1 amide bonds. The molecule has 0 aliphatic carbocycles. The van der Waals surface area contributed by atoms with Gasteiger partial charge in [-0.2, -0.15) is 5.10 Å². The minimum absolute atomic E-state index is 0.0890. The maximum absolute atomic E-state index is 12.4. The Morgan fingerprint density at radius 3 is 2.63 bits per heavy atom. The van der Waals surface area contributed by atoms with E-state index in [1.807, 2.05) is 48.9 Å². The third-order valence-electron chi connectivity index (χ3n) is 5.02. The van der Waals surface area contributed by atoms with Gasteiger partial charge in [0.25, 0.3) is 0 Å². The average Bonchev–Trinajstić information content (AvgIpc) is 3.13. The van der Waals surface area contributed by atoms with Crippen LogP contribution in [0.4, 0.5) is 0 Å². The highest BCUT2D eigenvalue weighted by molar-refractivity contribution is 7.91. The first-order valence-corrected chi connectivity index (χ1v) is 10.8. The number of benzene rings is 1. The van der Waals surface area contributed by atoms with E-state index in [1.54, 1.807) is 24.1 Å². The number of sulfone groups is 1. The van der Waals surface area contributed by atoms with Crippen LogP contribution in [0.5, 0.6) is 0 Å². The van der Waals surface area contributed by atoms with Gasteiger partial charge in [0.05, 0.1) is 23.2 Å². The van der Waals surface area contributed by atoms with E-state index in [2.05, 4.69) is 5.10 Å². The van der Waals surface area contributed by atoms with E-state index in [-0.39, 0.29) is 23.5 Å². The van der Waals surface area contributed by atoms with Crippen molar-refractivity contribution in [3.05, 3.63) is 58.9 Å². The van der Waals surface area contributed by atoms with Gasteiger partial charge in [-0.1, -0.05) is 30.3 Å². The summed E-state index contributed by atoms with van der Waals surface area (Å²) in [6, 6.07) is 9.57. The minimum atomic E-state index is -2.97. The van der Waals surface area contributed by atoms with Crippen LogP contribution in [0.3, 0.4) is 0 Å². The van der Waals surface area contributed by atoms with Gasteiger partial charge in [0.2, 0.25) is 5.91 Å². The van der Waals surface area contributed by atoms with E-state index in [0.717, 1.165) is 22.5 Å². The van der Waals surface area contributed by atoms with Crippen LogP contribution in [-0.2, 0) is 21.2 Å². The number of amides is 1. The Kier molecular flexibility index (Phi) is 5.51. The molecule has 2 heterocycles. The van der Waals surface area contributed by atoms with E-state index >= 15 is 0 Å². The van der Waals surface area contributed by atoms with Gasteiger partial charge in [-0.05, 0) is 31.9 Å². The molecule has 0 bridgehead atoms. The second-order valence-corrected chi connectivity index (χ2v) is 9.32. The van der Waals surface area contributed by atoms with E-state index in [1.165, 1.54) is 0 Å². The molecule has 1 saturated heterocycles. The number of aromatic nitrogens is 2. The normalized spacial score (nSPS) is 18.9. The number of aryl methyl sites for hydroxylation is 1. The lowest BCUT2D eigenvalue weighted by atomic mass is 10.1. The number of hydrogen-bond acceptors (Lipinski definition) is 4. The molecule has 1 aliphatic rings. The summed E-state index contributed by atoms with van der Waals surface area (Å²) in [6.45, 7) is 4.29. The molecule has 144 valence electrons. The van der Waals surface area contributed by atoms with Crippen LogP contribution in [0.1, 0.15) is 35.0 Å². The van der Waals surface area contributed by atoms with E-state index < -0.39 is 9.84 Å². The van der Waals surface area contributed by atoms with Gasteiger partial charge < -0.3 is 4.90 Å². The second kappa shape index (κ2) is 7.68. The van der Waals surface area contributed by atoms with Crippen LogP contribution in [0.2, 0.25) is 0 Å². The third kappa shape index (κ3) is 4.47. The zero-order valence-electron chi connectivity index (χ0n) is 15.9. The lowest BCUT2D eigenvalue weighted by Crippen LogP contribution is -2.24. The number of rotatable bonds is 5. The highest BCUT2D eigenvalue weighted by Crippen LogP contribution is 2.27. The topological polar surface area (TPSA) is 72.3 Å². The molecule has 3 rings (SSSR count). The van der Waals surface area contributed by atoms with Crippen LogP contribution in [-0.4, -0.2) is 47.6 Å². The van der Waals surface area contributed by atoms with Crippen molar-refractivity contribution in [3.63, 3.8) is 0 Å². The van der Waals surface area contributed by atoms with E-state index in [0.29, 0.717) is 13.0 Å². The molecule has 1 aromatic carbocycles. The lowest BCUT2D eigenvalue weighted by Gasteiger charge is -2.16. The first-order valence-electron chi connectivity index (χ1n) is 9.00. The van der Waals surface area contributed by atoms with Crippen LogP contribution in [0.25, 0.3) is 6.08 Å². The molecule has 0 saturated carbocycles. The van der Waals surface area contributed by atoms with Gasteiger partial charge in [-0.3, -0.25) is 9.48 Å². The van der Waals surface area contributed by atoms with E-state index in [4.69, 9.17) is 0 Å². The number of likely N-dealkylation sites (N-methyl/N-ethyl adjacent to an activating group) is 1. The molecule has 1 aliphatic heterocycles. The SMILES string of the molecule is Cc1nn(C2CCS(=O)(=O)C2)c(C)c1CN(C)C(=O)/C=C/c1ccccc1. The molecule has 7 heteroatoms. The van der Waals surface area contributed by atoms with Crippen molar-refractivity contribution in [2.24, 2.45) is 0 Å². The fraction of sp³-hybridized carbons (Fsp3) is 0.400. The molecule has 6 nitrogen and oxygen atoms in total. The number of carbonyl (C=O) groups is 1. The molecule has 1 fully saturated rings. The fourth-order valence-corrected chi connectivity index (χ4v) is 5.12. The standard InChI is InChI=1S/C20H25N3O3S/c1-15-19(16(2)23(21-15)18-11-12-27(25,26)14-18)13-22(3)20(24)10-9-17-7-5-4-6-8-17/h4-10,18H,11-14H2,1-3H3/b10-9+. The Labute approximate surface area is 160 Å². The van der Waals surface area contributed by atoms with Gasteiger partial charge in [0, 0.05) is 30.9 Å². The summed E-state index contributed by atoms with van der Waals surface area (Å²) < 4.78 is 25.4. The summed E-state index contributed by atoms with van der Waals surface area (Å²) in [6.07, 6.45) is 3.96. The first kappa shape index (κ1) is 19.4. The van der Waals surface area contributed by atoms with Crippen molar-refractivity contribution in [2.45, 2.75) is 32.9 Å². The predicted molar refractivity (Wildman–Crippen MR) is 106 cm³/mol. The number of carbonyl (C=O) groups excluding carboxylic acids is 1. The Morgan fingerprint density at radius 2 is 2.00 bits per heavy atom. The van der Waals surface area contributed by atoms with Crippen molar-refractivity contribution >= 4 is 21.8 Å². The Morgan fingerprint density at radius 1 is 1.30 bits per heavy atom. The summed E-state index contributed by atoms with van der Waals surface area (Å²) in [7, 11) is -1.21. The van der Waals surface area contributed by atoms with Crippen LogP contribution in [0, 0.1) is 13.8 Å². The summed E-state index contributed by atoms with van der Waals surface area (Å²) in [5.41, 5.74) is 3.72. The van der Waals surface area contributed by atoms with Crippen molar-refractivity contribution in [3.8, 4) is 0 Å². The zero-order valence-corrected chi connectivity index (χ0v) is 16.7. The molecule has 27 heavy (non-hydrogen) atoms. The van der Waals surface area contributed by atoms with Gasteiger partial charge in [0.1, 0.15) is 0 Å². The number of nitrogens with zero attached hydrogens (tertiary/aromatic N) is 3. The van der Waals surface area contributed by atoms with Gasteiger partial charge >= 0.3 is 0 Å². The second-order valence-electron chi connectivity index (χ2n) is 7.09. The van der Waals surface area contributed by atoms with Crippen LogP contribution in [0.15, 0.2) is 36.4 Å². The Bertz CT molecular complexity index is 962. The largest absolute Gasteiger partial charge is 0.338 e. The summed E-state index contributed by atoms with van der Waals surface area (Å²) in [5, 5.41) is 4.56. The molecule has 1 aromatic heterocycles. The minimum Gasteiger partial charge on any atom is -0.338 e. The maximum atomic E-state index is 12.4. The molecule has 0 radical (unpaired) electrons. The fourth-order valence-electron chi connectivity index (χ4n) is 3.42. The Hall–Kier alpha value is -2.41. The first-order chi connectivity index (χ1) is 12.8. The molecule has 0 spiro atoms.